The summed E-state index contributed by atoms with van der Waals surface area (Å²) in [5.74, 6) is 0. The first kappa shape index (κ1) is 15.6. The molecule has 0 fully saturated rings. The monoisotopic (exact) mass is 375 g/mol. The van der Waals surface area contributed by atoms with Crippen LogP contribution in [0.4, 0.5) is 0 Å². The summed E-state index contributed by atoms with van der Waals surface area (Å²) in [5, 5.41) is 0. The van der Waals surface area contributed by atoms with E-state index in [0.717, 1.165) is 10.4 Å². The van der Waals surface area contributed by atoms with Crippen molar-refractivity contribution in [2.45, 2.75) is 24.9 Å². The molecule has 2 aromatic heterocycles. The van der Waals surface area contributed by atoms with E-state index in [-0.39, 0.29) is 11.4 Å². The van der Waals surface area contributed by atoms with E-state index in [4.69, 9.17) is 5.73 Å². The Morgan fingerprint density at radius 1 is 1.50 bits per heavy atom. The van der Waals surface area contributed by atoms with Crippen LogP contribution in [0.2, 0.25) is 0 Å². The Hall–Kier alpha value is -0.800. The minimum atomic E-state index is -3.58. The topological polar surface area (TPSA) is 85.1 Å². The predicted octanol–water partition coefficient (Wildman–Crippen LogP) is 2.15. The van der Waals surface area contributed by atoms with Gasteiger partial charge in [-0.25, -0.2) is 13.1 Å². The molecule has 0 saturated carbocycles. The maximum atomic E-state index is 12.3. The Bertz CT molecular complexity index is 713. The summed E-state index contributed by atoms with van der Waals surface area (Å²) in [6.07, 6.45) is 1.64. The van der Waals surface area contributed by atoms with Gasteiger partial charge in [0.2, 0.25) is 10.0 Å². The van der Waals surface area contributed by atoms with Crippen LogP contribution in [-0.2, 0) is 23.1 Å². The maximum absolute atomic E-state index is 12.3. The summed E-state index contributed by atoms with van der Waals surface area (Å²) in [6.45, 7) is 2.37. The van der Waals surface area contributed by atoms with Gasteiger partial charge in [-0.1, -0.05) is 6.07 Å². The summed E-state index contributed by atoms with van der Waals surface area (Å²) >= 11 is 4.59. The van der Waals surface area contributed by atoms with Gasteiger partial charge in [-0.3, -0.25) is 4.98 Å². The molecule has 0 amide bonds. The molecule has 8 heteroatoms. The molecule has 0 unspecified atom stereocenters. The summed E-state index contributed by atoms with van der Waals surface area (Å²) in [7, 11) is -3.58. The van der Waals surface area contributed by atoms with Crippen molar-refractivity contribution in [1.29, 1.82) is 0 Å². The van der Waals surface area contributed by atoms with E-state index >= 15 is 0 Å². The van der Waals surface area contributed by atoms with E-state index in [1.165, 1.54) is 11.3 Å². The number of hydrogen-bond donors (Lipinski definition) is 2. The number of aromatic nitrogens is 1. The standard InChI is InChI=1S/C12H14BrN3O2S2/c1-8-3-2-4-15-10(8)7-16-20(17,18)11-5-9(6-14)19-12(11)13/h2-5,16H,6-7,14H2,1H3. The highest BCUT2D eigenvalue weighted by Gasteiger charge is 2.20. The van der Waals surface area contributed by atoms with Gasteiger partial charge in [0.25, 0.3) is 0 Å². The number of rotatable bonds is 5. The molecule has 108 valence electrons. The van der Waals surface area contributed by atoms with Crippen molar-refractivity contribution >= 4 is 37.3 Å². The zero-order chi connectivity index (χ0) is 14.8. The third kappa shape index (κ3) is 3.44. The number of hydrogen-bond acceptors (Lipinski definition) is 5. The molecule has 0 spiro atoms. The minimum Gasteiger partial charge on any atom is -0.326 e. The first-order valence-electron chi connectivity index (χ1n) is 5.82. The lowest BCUT2D eigenvalue weighted by atomic mass is 10.2. The van der Waals surface area contributed by atoms with Gasteiger partial charge in [-0.15, -0.1) is 11.3 Å². The lowest BCUT2D eigenvalue weighted by Gasteiger charge is -2.07. The van der Waals surface area contributed by atoms with Crippen molar-refractivity contribution in [1.82, 2.24) is 9.71 Å². The Balaban J connectivity index is 2.19. The van der Waals surface area contributed by atoms with Crippen LogP contribution in [0.5, 0.6) is 0 Å². The minimum absolute atomic E-state index is 0.162. The van der Waals surface area contributed by atoms with Crippen LogP contribution >= 0.6 is 27.3 Å². The average molecular weight is 376 g/mol. The Labute approximate surface area is 130 Å². The van der Waals surface area contributed by atoms with Gasteiger partial charge >= 0.3 is 0 Å². The Morgan fingerprint density at radius 3 is 2.85 bits per heavy atom. The first-order valence-corrected chi connectivity index (χ1v) is 8.91. The first-order chi connectivity index (χ1) is 9.44. The number of aryl methyl sites for hydroxylation is 1. The van der Waals surface area contributed by atoms with Gasteiger partial charge in [0.1, 0.15) is 4.90 Å². The van der Waals surface area contributed by atoms with E-state index in [0.29, 0.717) is 16.0 Å². The molecule has 0 saturated heterocycles. The molecule has 3 N–H and O–H groups in total. The summed E-state index contributed by atoms with van der Waals surface area (Å²) < 4.78 is 27.6. The van der Waals surface area contributed by atoms with Gasteiger partial charge in [-0.2, -0.15) is 0 Å². The van der Waals surface area contributed by atoms with Gasteiger partial charge in [0.05, 0.1) is 16.0 Å². The van der Waals surface area contributed by atoms with Crippen LogP contribution in [0.3, 0.4) is 0 Å². The maximum Gasteiger partial charge on any atom is 0.242 e. The van der Waals surface area contributed by atoms with Gasteiger partial charge in [-0.05, 0) is 40.5 Å². The van der Waals surface area contributed by atoms with Crippen molar-refractivity contribution < 1.29 is 8.42 Å². The average Bonchev–Trinajstić information content (AvgIpc) is 2.80. The smallest absolute Gasteiger partial charge is 0.242 e. The molecule has 0 aliphatic heterocycles. The molecule has 2 heterocycles. The molecular formula is C12H14BrN3O2S2. The second-order valence-electron chi connectivity index (χ2n) is 4.15. The van der Waals surface area contributed by atoms with Crippen molar-refractivity contribution in [3.8, 4) is 0 Å². The number of thiophene rings is 1. The zero-order valence-electron chi connectivity index (χ0n) is 10.8. The second kappa shape index (κ2) is 6.31. The summed E-state index contributed by atoms with van der Waals surface area (Å²) in [6, 6.07) is 5.29. The van der Waals surface area contributed by atoms with Crippen molar-refractivity contribution in [2.75, 3.05) is 0 Å². The van der Waals surface area contributed by atoms with E-state index in [1.54, 1.807) is 12.3 Å². The molecule has 5 nitrogen and oxygen atoms in total. The van der Waals surface area contributed by atoms with Gasteiger partial charge in [0, 0.05) is 17.6 Å². The molecule has 0 aliphatic rings. The fourth-order valence-electron chi connectivity index (χ4n) is 1.63. The van der Waals surface area contributed by atoms with E-state index in [9.17, 15) is 8.42 Å². The highest BCUT2D eigenvalue weighted by Crippen LogP contribution is 2.31. The Morgan fingerprint density at radius 2 is 2.25 bits per heavy atom. The molecular weight excluding hydrogens is 362 g/mol. The van der Waals surface area contributed by atoms with Crippen LogP contribution < -0.4 is 10.5 Å². The number of halogens is 1. The second-order valence-corrected chi connectivity index (χ2v) is 8.34. The molecule has 0 aliphatic carbocycles. The SMILES string of the molecule is Cc1cccnc1CNS(=O)(=O)c1cc(CN)sc1Br. The zero-order valence-corrected chi connectivity index (χ0v) is 14.0. The molecule has 20 heavy (non-hydrogen) atoms. The van der Waals surface area contributed by atoms with Crippen LogP contribution in [0.1, 0.15) is 16.1 Å². The molecule has 0 atom stereocenters. The number of pyridine rings is 1. The van der Waals surface area contributed by atoms with E-state index in [2.05, 4.69) is 25.6 Å². The number of sulfonamides is 1. The van der Waals surface area contributed by atoms with Crippen LogP contribution in [0.15, 0.2) is 33.1 Å². The van der Waals surface area contributed by atoms with Gasteiger partial charge in [0.15, 0.2) is 0 Å². The predicted molar refractivity (Wildman–Crippen MR) is 82.9 cm³/mol. The highest BCUT2D eigenvalue weighted by atomic mass is 79.9. The quantitative estimate of drug-likeness (QED) is 0.838. The van der Waals surface area contributed by atoms with E-state index in [1.807, 2.05) is 19.1 Å². The molecule has 0 bridgehead atoms. The highest BCUT2D eigenvalue weighted by molar-refractivity contribution is 9.11. The fourth-order valence-corrected chi connectivity index (χ4v) is 5.17. The van der Waals surface area contributed by atoms with Crippen molar-refractivity contribution in [3.63, 3.8) is 0 Å². The number of nitrogens with one attached hydrogen (secondary N) is 1. The molecule has 2 rings (SSSR count). The third-order valence-corrected chi connectivity index (χ3v) is 6.42. The Kier molecular flexibility index (Phi) is 4.92. The molecule has 0 aromatic carbocycles. The van der Waals surface area contributed by atoms with Gasteiger partial charge < -0.3 is 5.73 Å². The van der Waals surface area contributed by atoms with Crippen molar-refractivity contribution in [2.24, 2.45) is 5.73 Å². The normalized spacial score (nSPS) is 11.8. The number of nitrogens with two attached hydrogens (primary N) is 1. The molecule has 2 aromatic rings. The van der Waals surface area contributed by atoms with Crippen molar-refractivity contribution in [3.05, 3.63) is 44.3 Å². The van der Waals surface area contributed by atoms with E-state index < -0.39 is 10.0 Å². The lowest BCUT2D eigenvalue weighted by Crippen LogP contribution is -2.24. The summed E-state index contributed by atoms with van der Waals surface area (Å²) in [4.78, 5) is 5.19. The summed E-state index contributed by atoms with van der Waals surface area (Å²) in [5.41, 5.74) is 7.18. The number of nitrogens with zero attached hydrogens (tertiary/aromatic N) is 1. The van der Waals surface area contributed by atoms with Crippen LogP contribution in [0, 0.1) is 6.92 Å². The largest absolute Gasteiger partial charge is 0.326 e. The fraction of sp³-hybridized carbons (Fsp3) is 0.250. The molecule has 0 radical (unpaired) electrons. The van der Waals surface area contributed by atoms with Crippen LogP contribution in [-0.4, -0.2) is 13.4 Å². The lowest BCUT2D eigenvalue weighted by molar-refractivity contribution is 0.580. The van der Waals surface area contributed by atoms with Crippen LogP contribution in [0.25, 0.3) is 0 Å². The third-order valence-electron chi connectivity index (χ3n) is 2.74.